The molecule has 1 aromatic rings. The van der Waals surface area contributed by atoms with Gasteiger partial charge in [0, 0.05) is 11.0 Å². The summed E-state index contributed by atoms with van der Waals surface area (Å²) in [5.41, 5.74) is 0.0773. The molecule has 0 aliphatic carbocycles. The summed E-state index contributed by atoms with van der Waals surface area (Å²) < 4.78 is 12.8. The fourth-order valence-electron chi connectivity index (χ4n) is 1.87. The average Bonchev–Trinajstić information content (AvgIpc) is 2.24. The molecule has 1 nitrogen and oxygen atoms in total. The maximum atomic E-state index is 12.8. The second-order valence-corrected chi connectivity index (χ2v) is 5.63. The minimum absolute atomic E-state index is 0.251. The summed E-state index contributed by atoms with van der Waals surface area (Å²) in [5.74, 6) is 0.457. The predicted molar refractivity (Wildman–Crippen MR) is 61.5 cm³/mol. The van der Waals surface area contributed by atoms with E-state index in [0.717, 1.165) is 18.4 Å². The van der Waals surface area contributed by atoms with E-state index in [9.17, 15) is 9.50 Å². The van der Waals surface area contributed by atoms with Crippen molar-refractivity contribution in [3.63, 3.8) is 0 Å². The summed E-state index contributed by atoms with van der Waals surface area (Å²) in [7, 11) is 0. The molecule has 0 bridgehead atoms. The van der Waals surface area contributed by atoms with Gasteiger partial charge >= 0.3 is 0 Å². The van der Waals surface area contributed by atoms with Gasteiger partial charge in [0.05, 0.1) is 5.60 Å². The van der Waals surface area contributed by atoms with E-state index in [0.29, 0.717) is 11.0 Å². The fourth-order valence-corrected chi connectivity index (χ4v) is 3.02. The van der Waals surface area contributed by atoms with Crippen molar-refractivity contribution in [3.8, 4) is 0 Å². The van der Waals surface area contributed by atoms with Crippen LogP contribution in [-0.4, -0.2) is 16.1 Å². The van der Waals surface area contributed by atoms with Crippen LogP contribution in [-0.2, 0) is 5.60 Å². The third kappa shape index (κ3) is 2.34. The van der Waals surface area contributed by atoms with Gasteiger partial charge < -0.3 is 5.11 Å². The van der Waals surface area contributed by atoms with Gasteiger partial charge in [0.1, 0.15) is 5.82 Å². The number of benzene rings is 1. The Balaban J connectivity index is 2.18. The van der Waals surface area contributed by atoms with Crippen molar-refractivity contribution in [1.82, 2.24) is 0 Å². The van der Waals surface area contributed by atoms with Crippen LogP contribution in [0.25, 0.3) is 0 Å². The van der Waals surface area contributed by atoms with Gasteiger partial charge in [-0.1, -0.05) is 19.1 Å². The van der Waals surface area contributed by atoms with E-state index in [4.69, 9.17) is 0 Å². The zero-order valence-corrected chi connectivity index (χ0v) is 9.56. The quantitative estimate of drug-likeness (QED) is 0.794. The van der Waals surface area contributed by atoms with E-state index in [1.54, 1.807) is 23.9 Å². The monoisotopic (exact) mass is 226 g/mol. The van der Waals surface area contributed by atoms with E-state index >= 15 is 0 Å². The summed E-state index contributed by atoms with van der Waals surface area (Å²) in [6, 6.07) is 6.20. The Bertz CT molecular complexity index is 328. The van der Waals surface area contributed by atoms with E-state index in [1.807, 2.05) is 0 Å². The highest BCUT2D eigenvalue weighted by Crippen LogP contribution is 2.38. The largest absolute Gasteiger partial charge is 0.384 e. The molecule has 1 heterocycles. The Morgan fingerprint density at radius 1 is 1.40 bits per heavy atom. The molecule has 0 radical (unpaired) electrons. The van der Waals surface area contributed by atoms with Crippen LogP contribution in [0, 0.1) is 5.82 Å². The van der Waals surface area contributed by atoms with Crippen molar-refractivity contribution in [2.45, 2.75) is 30.6 Å². The molecule has 0 aromatic heterocycles. The smallest absolute Gasteiger partial charge is 0.123 e. The predicted octanol–water partition coefficient (Wildman–Crippen LogP) is 2.93. The topological polar surface area (TPSA) is 20.2 Å². The van der Waals surface area contributed by atoms with Crippen molar-refractivity contribution in [2.24, 2.45) is 0 Å². The van der Waals surface area contributed by atoms with Crippen LogP contribution in [0.4, 0.5) is 4.39 Å². The van der Waals surface area contributed by atoms with Crippen LogP contribution in [0.1, 0.15) is 25.3 Å². The average molecular weight is 226 g/mol. The number of thioether (sulfide) groups is 1. The maximum absolute atomic E-state index is 12.8. The van der Waals surface area contributed by atoms with E-state index in [-0.39, 0.29) is 5.82 Å². The minimum atomic E-state index is -0.759. The van der Waals surface area contributed by atoms with Gasteiger partial charge in [0.15, 0.2) is 0 Å². The highest BCUT2D eigenvalue weighted by atomic mass is 32.2. The second-order valence-electron chi connectivity index (χ2n) is 4.20. The Hall–Kier alpha value is -0.540. The zero-order valence-electron chi connectivity index (χ0n) is 8.74. The standard InChI is InChI=1S/C12H15FOS/c1-9-6-7-12(14,8-15-9)10-2-4-11(13)5-3-10/h2-5,9,14H,6-8H2,1H3/t9-,12-/m1/s1. The minimum Gasteiger partial charge on any atom is -0.384 e. The van der Waals surface area contributed by atoms with Crippen molar-refractivity contribution in [2.75, 3.05) is 5.75 Å². The molecule has 1 saturated heterocycles. The molecule has 1 N–H and O–H groups in total. The summed E-state index contributed by atoms with van der Waals surface area (Å²) in [6.07, 6.45) is 1.78. The summed E-state index contributed by atoms with van der Waals surface area (Å²) in [4.78, 5) is 0. The van der Waals surface area contributed by atoms with Gasteiger partial charge in [0.2, 0.25) is 0 Å². The lowest BCUT2D eigenvalue weighted by atomic mass is 9.90. The number of hydrogen-bond acceptors (Lipinski definition) is 2. The van der Waals surface area contributed by atoms with Crippen molar-refractivity contribution < 1.29 is 9.50 Å². The Morgan fingerprint density at radius 3 is 2.60 bits per heavy atom. The Morgan fingerprint density at radius 2 is 2.07 bits per heavy atom. The molecule has 0 spiro atoms. The molecule has 15 heavy (non-hydrogen) atoms. The van der Waals surface area contributed by atoms with Crippen molar-refractivity contribution in [3.05, 3.63) is 35.6 Å². The Labute approximate surface area is 93.7 Å². The molecule has 0 amide bonds. The number of aliphatic hydroxyl groups is 1. The lowest BCUT2D eigenvalue weighted by Crippen LogP contribution is -2.33. The molecule has 82 valence electrons. The van der Waals surface area contributed by atoms with Gasteiger partial charge in [0.25, 0.3) is 0 Å². The third-order valence-electron chi connectivity index (χ3n) is 2.95. The van der Waals surface area contributed by atoms with E-state index < -0.39 is 5.60 Å². The first-order valence-electron chi connectivity index (χ1n) is 5.20. The molecule has 3 heteroatoms. The first-order chi connectivity index (χ1) is 7.10. The van der Waals surface area contributed by atoms with Crippen LogP contribution < -0.4 is 0 Å². The number of halogens is 1. The van der Waals surface area contributed by atoms with Crippen molar-refractivity contribution in [1.29, 1.82) is 0 Å². The Kier molecular flexibility index (Phi) is 3.03. The van der Waals surface area contributed by atoms with Gasteiger partial charge in [-0.25, -0.2) is 4.39 Å². The van der Waals surface area contributed by atoms with Crippen LogP contribution in [0.5, 0.6) is 0 Å². The molecule has 2 rings (SSSR count). The molecule has 0 unspecified atom stereocenters. The molecule has 1 fully saturated rings. The molecule has 1 aliphatic rings. The highest BCUT2D eigenvalue weighted by molar-refractivity contribution is 7.99. The first kappa shape index (κ1) is 11.0. The molecular formula is C12H15FOS. The number of rotatable bonds is 1. The second kappa shape index (κ2) is 4.14. The van der Waals surface area contributed by atoms with Gasteiger partial charge in [-0.3, -0.25) is 0 Å². The van der Waals surface area contributed by atoms with E-state index in [1.165, 1.54) is 12.1 Å². The van der Waals surface area contributed by atoms with Crippen LogP contribution >= 0.6 is 11.8 Å². The first-order valence-corrected chi connectivity index (χ1v) is 6.25. The van der Waals surface area contributed by atoms with Crippen LogP contribution in [0.2, 0.25) is 0 Å². The van der Waals surface area contributed by atoms with Gasteiger partial charge in [-0.2, -0.15) is 11.8 Å². The third-order valence-corrected chi connectivity index (χ3v) is 4.40. The molecule has 1 aromatic carbocycles. The lowest BCUT2D eigenvalue weighted by Gasteiger charge is -2.34. The maximum Gasteiger partial charge on any atom is 0.123 e. The summed E-state index contributed by atoms with van der Waals surface area (Å²) in [6.45, 7) is 2.18. The molecule has 1 aliphatic heterocycles. The van der Waals surface area contributed by atoms with Crippen LogP contribution in [0.3, 0.4) is 0 Å². The summed E-state index contributed by atoms with van der Waals surface area (Å²) in [5, 5.41) is 11.0. The van der Waals surface area contributed by atoms with Gasteiger partial charge in [-0.05, 0) is 30.5 Å². The summed E-state index contributed by atoms with van der Waals surface area (Å²) >= 11 is 1.78. The SMILES string of the molecule is C[C@@H]1CC[C@](O)(c2ccc(F)cc2)CS1. The highest BCUT2D eigenvalue weighted by Gasteiger charge is 2.33. The normalized spacial score (nSPS) is 31.5. The molecule has 0 saturated carbocycles. The van der Waals surface area contributed by atoms with E-state index in [2.05, 4.69) is 6.92 Å². The lowest BCUT2D eigenvalue weighted by molar-refractivity contribution is 0.0471. The zero-order chi connectivity index (χ0) is 10.9. The molecule has 2 atom stereocenters. The van der Waals surface area contributed by atoms with Gasteiger partial charge in [-0.15, -0.1) is 0 Å². The molecular weight excluding hydrogens is 211 g/mol. The van der Waals surface area contributed by atoms with Crippen molar-refractivity contribution >= 4 is 11.8 Å². The van der Waals surface area contributed by atoms with Crippen LogP contribution in [0.15, 0.2) is 24.3 Å². The fraction of sp³-hybridized carbons (Fsp3) is 0.500. The number of hydrogen-bond donors (Lipinski definition) is 1.